The third-order valence-electron chi connectivity index (χ3n) is 6.81. The SMILES string of the molecule is CC(C)Oc1ccc(CC2CCc3cc([C@H]4CC[C@](N)(CO)C4)ccc3C2)cc1. The van der Waals surface area contributed by atoms with Crippen molar-refractivity contribution >= 4 is 0 Å². The molecule has 4 rings (SSSR count). The Balaban J connectivity index is 1.38. The maximum Gasteiger partial charge on any atom is 0.119 e. The zero-order chi connectivity index (χ0) is 20.4. The standard InChI is InChI=1S/C26H35NO2/c1-18(2)29-25-9-4-19(5-10-25)13-20-3-6-22-15-23(8-7-21(22)14-20)24-11-12-26(27,16-24)17-28/h4-5,7-10,15,18,20,24,28H,3,6,11-14,16-17,27H2,1-2H3/t20?,24-,26+/m0/s1. The van der Waals surface area contributed by atoms with Gasteiger partial charge in [0.15, 0.2) is 0 Å². The van der Waals surface area contributed by atoms with E-state index in [1.165, 1.54) is 41.5 Å². The van der Waals surface area contributed by atoms with E-state index in [1.807, 2.05) is 0 Å². The van der Waals surface area contributed by atoms with E-state index < -0.39 is 0 Å². The molecule has 1 unspecified atom stereocenters. The molecule has 2 aliphatic carbocycles. The van der Waals surface area contributed by atoms with Crippen molar-refractivity contribution < 1.29 is 9.84 Å². The van der Waals surface area contributed by atoms with Crippen LogP contribution in [0, 0.1) is 5.92 Å². The number of aliphatic hydroxyl groups is 1. The van der Waals surface area contributed by atoms with E-state index in [0.29, 0.717) is 11.8 Å². The quantitative estimate of drug-likeness (QED) is 0.743. The first-order valence-electron chi connectivity index (χ1n) is 11.2. The van der Waals surface area contributed by atoms with Crippen LogP contribution in [0.2, 0.25) is 0 Å². The normalized spacial score (nSPS) is 26.5. The number of ether oxygens (including phenoxy) is 1. The predicted octanol–water partition coefficient (Wildman–Crippen LogP) is 4.78. The van der Waals surface area contributed by atoms with Gasteiger partial charge in [0.1, 0.15) is 5.75 Å². The van der Waals surface area contributed by atoms with Gasteiger partial charge in [0, 0.05) is 5.54 Å². The monoisotopic (exact) mass is 393 g/mol. The minimum atomic E-state index is -0.374. The molecule has 1 fully saturated rings. The Morgan fingerprint density at radius 3 is 2.59 bits per heavy atom. The second-order valence-corrected chi connectivity index (χ2v) is 9.61. The van der Waals surface area contributed by atoms with Crippen LogP contribution in [0.4, 0.5) is 0 Å². The van der Waals surface area contributed by atoms with E-state index in [2.05, 4.69) is 56.3 Å². The summed E-state index contributed by atoms with van der Waals surface area (Å²) in [6.07, 6.45) is 7.87. The Morgan fingerprint density at radius 2 is 1.90 bits per heavy atom. The fourth-order valence-corrected chi connectivity index (χ4v) is 5.17. The van der Waals surface area contributed by atoms with Crippen LogP contribution in [0.25, 0.3) is 0 Å². The van der Waals surface area contributed by atoms with Crippen LogP contribution in [-0.4, -0.2) is 23.4 Å². The number of aryl methyl sites for hydroxylation is 1. The molecule has 3 atom stereocenters. The maximum atomic E-state index is 9.55. The van der Waals surface area contributed by atoms with Crippen molar-refractivity contribution in [2.45, 2.75) is 76.4 Å². The Kier molecular flexibility index (Phi) is 5.98. The molecular formula is C26H35NO2. The molecule has 29 heavy (non-hydrogen) atoms. The van der Waals surface area contributed by atoms with Crippen LogP contribution in [0.15, 0.2) is 42.5 Å². The average molecular weight is 394 g/mol. The van der Waals surface area contributed by atoms with Crippen molar-refractivity contribution in [2.24, 2.45) is 11.7 Å². The Hall–Kier alpha value is -1.84. The molecule has 156 valence electrons. The second-order valence-electron chi connectivity index (χ2n) is 9.61. The molecule has 0 bridgehead atoms. The fourth-order valence-electron chi connectivity index (χ4n) is 5.17. The van der Waals surface area contributed by atoms with Crippen molar-refractivity contribution in [1.82, 2.24) is 0 Å². The Bertz CT molecular complexity index is 829. The van der Waals surface area contributed by atoms with Gasteiger partial charge in [-0.2, -0.15) is 0 Å². The van der Waals surface area contributed by atoms with Crippen LogP contribution >= 0.6 is 0 Å². The van der Waals surface area contributed by atoms with E-state index >= 15 is 0 Å². The van der Waals surface area contributed by atoms with Crippen LogP contribution in [0.3, 0.4) is 0 Å². The smallest absolute Gasteiger partial charge is 0.119 e. The summed E-state index contributed by atoms with van der Waals surface area (Å²) in [6, 6.07) is 15.7. The predicted molar refractivity (Wildman–Crippen MR) is 118 cm³/mol. The minimum absolute atomic E-state index is 0.0979. The van der Waals surface area contributed by atoms with Gasteiger partial charge in [-0.1, -0.05) is 30.3 Å². The van der Waals surface area contributed by atoms with Crippen molar-refractivity contribution in [2.75, 3.05) is 6.61 Å². The van der Waals surface area contributed by atoms with Crippen molar-refractivity contribution in [3.63, 3.8) is 0 Å². The second kappa shape index (κ2) is 8.49. The van der Waals surface area contributed by atoms with Gasteiger partial charge in [0.05, 0.1) is 12.7 Å². The molecule has 0 saturated heterocycles. The van der Waals surface area contributed by atoms with Gasteiger partial charge in [-0.25, -0.2) is 0 Å². The highest BCUT2D eigenvalue weighted by Gasteiger charge is 2.36. The number of benzene rings is 2. The molecule has 1 saturated carbocycles. The lowest BCUT2D eigenvalue weighted by atomic mass is 9.79. The molecule has 0 spiro atoms. The molecule has 2 aromatic carbocycles. The summed E-state index contributed by atoms with van der Waals surface area (Å²) in [5, 5.41) is 9.55. The summed E-state index contributed by atoms with van der Waals surface area (Å²) in [5.41, 5.74) is 11.8. The number of rotatable bonds is 6. The number of aliphatic hydroxyl groups excluding tert-OH is 1. The molecule has 3 N–H and O–H groups in total. The van der Waals surface area contributed by atoms with Gasteiger partial charge in [-0.15, -0.1) is 0 Å². The molecule has 0 aromatic heterocycles. The molecule has 0 heterocycles. The minimum Gasteiger partial charge on any atom is -0.491 e. The van der Waals surface area contributed by atoms with Gasteiger partial charge in [0.25, 0.3) is 0 Å². The number of hydrogen-bond acceptors (Lipinski definition) is 3. The van der Waals surface area contributed by atoms with Crippen LogP contribution < -0.4 is 10.5 Å². The van der Waals surface area contributed by atoms with Gasteiger partial charge < -0.3 is 15.6 Å². The van der Waals surface area contributed by atoms with Gasteiger partial charge in [0.2, 0.25) is 0 Å². The van der Waals surface area contributed by atoms with Crippen molar-refractivity contribution in [3.8, 4) is 5.75 Å². The largest absolute Gasteiger partial charge is 0.491 e. The van der Waals surface area contributed by atoms with Crippen LogP contribution in [-0.2, 0) is 19.3 Å². The highest BCUT2D eigenvalue weighted by Crippen LogP contribution is 2.40. The lowest BCUT2D eigenvalue weighted by Crippen LogP contribution is -2.40. The van der Waals surface area contributed by atoms with Crippen LogP contribution in [0.1, 0.15) is 67.7 Å². The maximum absolute atomic E-state index is 9.55. The first-order chi connectivity index (χ1) is 13.9. The summed E-state index contributed by atoms with van der Waals surface area (Å²) in [5.74, 6) is 2.17. The number of fused-ring (bicyclic) bond motifs is 1. The summed E-state index contributed by atoms with van der Waals surface area (Å²) in [7, 11) is 0. The fraction of sp³-hybridized carbons (Fsp3) is 0.538. The van der Waals surface area contributed by atoms with Gasteiger partial charge in [-0.3, -0.25) is 0 Å². The molecule has 0 radical (unpaired) electrons. The molecule has 3 nitrogen and oxygen atoms in total. The summed E-state index contributed by atoms with van der Waals surface area (Å²) in [6.45, 7) is 4.22. The molecule has 2 aromatic rings. The zero-order valence-electron chi connectivity index (χ0n) is 17.9. The first-order valence-corrected chi connectivity index (χ1v) is 11.2. The van der Waals surface area contributed by atoms with Gasteiger partial charge in [-0.05, 0) is 105 Å². The van der Waals surface area contributed by atoms with Crippen molar-refractivity contribution in [3.05, 3.63) is 64.7 Å². The number of hydrogen-bond donors (Lipinski definition) is 2. The number of nitrogens with two attached hydrogens (primary N) is 1. The third kappa shape index (κ3) is 4.84. The average Bonchev–Trinajstić information content (AvgIpc) is 3.12. The summed E-state index contributed by atoms with van der Waals surface area (Å²) in [4.78, 5) is 0. The highest BCUT2D eigenvalue weighted by molar-refractivity contribution is 5.37. The van der Waals surface area contributed by atoms with E-state index in [4.69, 9.17) is 10.5 Å². The lowest BCUT2D eigenvalue weighted by molar-refractivity contribution is 0.198. The van der Waals surface area contributed by atoms with E-state index in [0.717, 1.165) is 31.4 Å². The summed E-state index contributed by atoms with van der Waals surface area (Å²) < 4.78 is 5.76. The highest BCUT2D eigenvalue weighted by atomic mass is 16.5. The lowest BCUT2D eigenvalue weighted by Gasteiger charge is -2.26. The molecule has 0 amide bonds. The first kappa shape index (κ1) is 20.4. The van der Waals surface area contributed by atoms with E-state index in [9.17, 15) is 5.11 Å². The third-order valence-corrected chi connectivity index (χ3v) is 6.81. The Morgan fingerprint density at radius 1 is 1.10 bits per heavy atom. The molecular weight excluding hydrogens is 358 g/mol. The van der Waals surface area contributed by atoms with Gasteiger partial charge >= 0.3 is 0 Å². The van der Waals surface area contributed by atoms with Crippen LogP contribution in [0.5, 0.6) is 5.75 Å². The summed E-state index contributed by atoms with van der Waals surface area (Å²) >= 11 is 0. The van der Waals surface area contributed by atoms with E-state index in [-0.39, 0.29) is 18.2 Å². The molecule has 3 heteroatoms. The van der Waals surface area contributed by atoms with E-state index in [1.54, 1.807) is 0 Å². The topological polar surface area (TPSA) is 55.5 Å². The molecule has 0 aliphatic heterocycles. The zero-order valence-corrected chi connectivity index (χ0v) is 17.9. The molecule has 2 aliphatic rings. The Labute approximate surface area is 175 Å². The van der Waals surface area contributed by atoms with Crippen molar-refractivity contribution in [1.29, 1.82) is 0 Å².